The van der Waals surface area contributed by atoms with Crippen LogP contribution in [0.3, 0.4) is 0 Å². The van der Waals surface area contributed by atoms with Gasteiger partial charge in [-0.15, -0.1) is 0 Å². The number of nitrogens with zero attached hydrogens (tertiary/aromatic N) is 1. The summed E-state index contributed by atoms with van der Waals surface area (Å²) in [7, 11) is 0. The van der Waals surface area contributed by atoms with Gasteiger partial charge in [0.25, 0.3) is 0 Å². The van der Waals surface area contributed by atoms with Crippen molar-refractivity contribution in [1.29, 1.82) is 0 Å². The van der Waals surface area contributed by atoms with Crippen LogP contribution < -0.4 is 5.32 Å². The summed E-state index contributed by atoms with van der Waals surface area (Å²) in [4.78, 5) is 26.3. The number of likely N-dealkylation sites (tertiary alicyclic amines) is 1. The molecule has 2 amide bonds. The summed E-state index contributed by atoms with van der Waals surface area (Å²) >= 11 is 0. The van der Waals surface area contributed by atoms with Crippen LogP contribution in [0.25, 0.3) is 0 Å². The molecular formula is C19H28N2O4. The van der Waals surface area contributed by atoms with Gasteiger partial charge >= 0.3 is 6.09 Å². The molecule has 2 rings (SSSR count). The lowest BCUT2D eigenvalue weighted by atomic mass is 9.70. The van der Waals surface area contributed by atoms with Crippen LogP contribution in [0.5, 0.6) is 0 Å². The number of ether oxygens (including phenoxy) is 1. The molecule has 6 heteroatoms. The van der Waals surface area contributed by atoms with Gasteiger partial charge in [0.05, 0.1) is 12.6 Å². The summed E-state index contributed by atoms with van der Waals surface area (Å²) in [5.74, 6) is -0.270. The topological polar surface area (TPSA) is 78.9 Å². The van der Waals surface area contributed by atoms with Gasteiger partial charge in [-0.25, -0.2) is 4.79 Å². The van der Waals surface area contributed by atoms with E-state index in [1.54, 1.807) is 0 Å². The molecule has 0 aromatic heterocycles. The number of rotatable bonds is 5. The molecule has 0 radical (unpaired) electrons. The van der Waals surface area contributed by atoms with Gasteiger partial charge in [0.2, 0.25) is 5.91 Å². The number of carboxylic acid groups (broad SMARTS) is 1. The first-order chi connectivity index (χ1) is 11.7. The minimum atomic E-state index is -1.16. The Kier molecular flexibility index (Phi) is 5.72. The van der Waals surface area contributed by atoms with Gasteiger partial charge in [0.1, 0.15) is 5.54 Å². The maximum atomic E-state index is 13.2. The summed E-state index contributed by atoms with van der Waals surface area (Å²) in [6, 6.07) is 9.58. The van der Waals surface area contributed by atoms with Crippen molar-refractivity contribution in [3.63, 3.8) is 0 Å². The standard InChI is InChI=1S/C19H28N2O4/c1-5-25-15-11-19(18(2,3)4,21(13-15)17(23)24)16(22)20-12-14-9-7-6-8-10-14/h6-10,15H,5,11-13H2,1-4H3,(H,20,22)(H,23,24)/t15-,19-/m1/s1. The van der Waals surface area contributed by atoms with Crippen molar-refractivity contribution in [3.05, 3.63) is 35.9 Å². The Labute approximate surface area is 149 Å². The Morgan fingerprint density at radius 2 is 1.96 bits per heavy atom. The van der Waals surface area contributed by atoms with Crippen molar-refractivity contribution >= 4 is 12.0 Å². The molecule has 2 atom stereocenters. The molecule has 1 aliphatic heterocycles. The van der Waals surface area contributed by atoms with Crippen molar-refractivity contribution in [3.8, 4) is 0 Å². The fourth-order valence-corrected chi connectivity index (χ4v) is 3.64. The molecule has 1 heterocycles. The second-order valence-electron chi connectivity index (χ2n) is 7.45. The zero-order valence-electron chi connectivity index (χ0n) is 15.4. The van der Waals surface area contributed by atoms with E-state index in [2.05, 4.69) is 5.32 Å². The van der Waals surface area contributed by atoms with Crippen molar-refractivity contribution in [2.24, 2.45) is 5.41 Å². The minimum Gasteiger partial charge on any atom is -0.465 e. The molecule has 0 bridgehead atoms. The van der Waals surface area contributed by atoms with Gasteiger partial charge in [-0.3, -0.25) is 9.69 Å². The van der Waals surface area contributed by atoms with E-state index in [1.165, 1.54) is 4.90 Å². The largest absolute Gasteiger partial charge is 0.465 e. The zero-order valence-corrected chi connectivity index (χ0v) is 15.4. The highest BCUT2D eigenvalue weighted by molar-refractivity contribution is 5.91. The number of carbonyl (C=O) groups excluding carboxylic acids is 1. The highest BCUT2D eigenvalue weighted by Crippen LogP contribution is 2.45. The van der Waals surface area contributed by atoms with E-state index in [-0.39, 0.29) is 18.6 Å². The zero-order chi connectivity index (χ0) is 18.7. The van der Waals surface area contributed by atoms with Gasteiger partial charge in [0.15, 0.2) is 0 Å². The van der Waals surface area contributed by atoms with Gasteiger partial charge in [-0.1, -0.05) is 51.1 Å². The van der Waals surface area contributed by atoms with Crippen LogP contribution in [0.15, 0.2) is 30.3 Å². The number of amides is 2. The molecule has 0 unspecified atom stereocenters. The molecule has 1 fully saturated rings. The highest BCUT2D eigenvalue weighted by atomic mass is 16.5. The lowest BCUT2D eigenvalue weighted by Crippen LogP contribution is -2.63. The number of carbonyl (C=O) groups is 2. The lowest BCUT2D eigenvalue weighted by Gasteiger charge is -2.45. The molecule has 0 saturated carbocycles. The third-order valence-corrected chi connectivity index (χ3v) is 4.92. The van der Waals surface area contributed by atoms with Gasteiger partial charge < -0.3 is 15.2 Å². The van der Waals surface area contributed by atoms with Crippen molar-refractivity contribution in [1.82, 2.24) is 10.2 Å². The van der Waals surface area contributed by atoms with Gasteiger partial charge in [-0.2, -0.15) is 0 Å². The van der Waals surface area contributed by atoms with Crippen LogP contribution >= 0.6 is 0 Å². The average molecular weight is 348 g/mol. The maximum Gasteiger partial charge on any atom is 0.408 e. The van der Waals surface area contributed by atoms with E-state index in [9.17, 15) is 14.7 Å². The third-order valence-electron chi connectivity index (χ3n) is 4.92. The van der Waals surface area contributed by atoms with Crippen LogP contribution in [0.2, 0.25) is 0 Å². The Morgan fingerprint density at radius 3 is 2.48 bits per heavy atom. The molecule has 0 aliphatic carbocycles. The summed E-state index contributed by atoms with van der Waals surface area (Å²) in [5.41, 5.74) is -0.757. The van der Waals surface area contributed by atoms with Crippen molar-refractivity contribution < 1.29 is 19.4 Å². The molecule has 138 valence electrons. The number of hydrogen-bond acceptors (Lipinski definition) is 3. The van der Waals surface area contributed by atoms with Crippen LogP contribution in [0.4, 0.5) is 4.79 Å². The number of benzene rings is 1. The fourth-order valence-electron chi connectivity index (χ4n) is 3.64. The quantitative estimate of drug-likeness (QED) is 0.857. The predicted octanol–water partition coefficient (Wildman–Crippen LogP) is 2.88. The second kappa shape index (κ2) is 7.44. The third kappa shape index (κ3) is 3.79. The van der Waals surface area contributed by atoms with E-state index in [4.69, 9.17) is 4.74 Å². The average Bonchev–Trinajstić information content (AvgIpc) is 2.95. The monoisotopic (exact) mass is 348 g/mol. The Balaban J connectivity index is 2.29. The van der Waals surface area contributed by atoms with E-state index < -0.39 is 17.0 Å². The highest BCUT2D eigenvalue weighted by Gasteiger charge is 2.60. The van der Waals surface area contributed by atoms with Gasteiger partial charge in [0, 0.05) is 19.6 Å². The maximum absolute atomic E-state index is 13.2. The summed E-state index contributed by atoms with van der Waals surface area (Å²) < 4.78 is 5.66. The van der Waals surface area contributed by atoms with Gasteiger partial charge in [-0.05, 0) is 17.9 Å². The summed E-state index contributed by atoms with van der Waals surface area (Å²) in [6.07, 6.45) is -1.01. The first-order valence-corrected chi connectivity index (χ1v) is 8.66. The number of nitrogens with one attached hydrogen (secondary N) is 1. The van der Waals surface area contributed by atoms with E-state index in [1.807, 2.05) is 58.0 Å². The van der Waals surface area contributed by atoms with Crippen LogP contribution in [0, 0.1) is 5.41 Å². The Morgan fingerprint density at radius 1 is 1.32 bits per heavy atom. The number of hydrogen-bond donors (Lipinski definition) is 2. The first-order valence-electron chi connectivity index (χ1n) is 8.66. The molecule has 0 spiro atoms. The van der Waals surface area contributed by atoms with E-state index in [0.29, 0.717) is 19.6 Å². The summed E-state index contributed by atoms with van der Waals surface area (Å²) in [5, 5.41) is 12.7. The normalized spacial score (nSPS) is 23.5. The molecule has 1 aromatic carbocycles. The lowest BCUT2D eigenvalue weighted by molar-refractivity contribution is -0.138. The molecule has 1 aliphatic rings. The molecule has 1 aromatic rings. The Hall–Kier alpha value is -2.08. The SMILES string of the molecule is CCO[C@H]1CN(C(=O)O)[C@](C(=O)NCc2ccccc2)(C(C)(C)C)C1. The van der Waals surface area contributed by atoms with E-state index >= 15 is 0 Å². The predicted molar refractivity (Wildman–Crippen MR) is 95.2 cm³/mol. The molecule has 1 saturated heterocycles. The van der Waals surface area contributed by atoms with Crippen LogP contribution in [-0.4, -0.2) is 46.8 Å². The van der Waals surface area contributed by atoms with Crippen molar-refractivity contribution in [2.75, 3.05) is 13.2 Å². The second-order valence-corrected chi connectivity index (χ2v) is 7.45. The summed E-state index contributed by atoms with van der Waals surface area (Å²) in [6.45, 7) is 8.64. The molecule has 2 N–H and O–H groups in total. The van der Waals surface area contributed by atoms with Crippen molar-refractivity contribution in [2.45, 2.75) is 52.3 Å². The fraction of sp³-hybridized carbons (Fsp3) is 0.579. The van der Waals surface area contributed by atoms with Crippen LogP contribution in [-0.2, 0) is 16.1 Å². The smallest absolute Gasteiger partial charge is 0.408 e. The first kappa shape index (κ1) is 19.2. The molecular weight excluding hydrogens is 320 g/mol. The molecule has 25 heavy (non-hydrogen) atoms. The molecule has 6 nitrogen and oxygen atoms in total. The van der Waals surface area contributed by atoms with Crippen LogP contribution in [0.1, 0.15) is 39.7 Å². The minimum absolute atomic E-state index is 0.208. The Bertz CT molecular complexity index is 612. The van der Waals surface area contributed by atoms with E-state index in [0.717, 1.165) is 5.56 Å².